The van der Waals surface area contributed by atoms with Crippen LogP contribution in [0.4, 0.5) is 0 Å². The minimum Gasteiger partial charge on any atom is -0.396 e. The molecule has 1 saturated carbocycles. The van der Waals surface area contributed by atoms with Crippen molar-refractivity contribution in [3.8, 4) is 0 Å². The van der Waals surface area contributed by atoms with Gasteiger partial charge in [-0.1, -0.05) is 19.8 Å². The summed E-state index contributed by atoms with van der Waals surface area (Å²) in [5.74, 6) is 0.552. The van der Waals surface area contributed by atoms with Gasteiger partial charge in [0.2, 0.25) is 5.91 Å². The molecule has 2 aliphatic rings. The van der Waals surface area contributed by atoms with Crippen LogP contribution in [0.2, 0.25) is 0 Å². The predicted molar refractivity (Wildman–Crippen MR) is 64.5 cm³/mol. The largest absolute Gasteiger partial charge is 0.396 e. The van der Waals surface area contributed by atoms with Crippen LogP contribution < -0.4 is 5.32 Å². The van der Waals surface area contributed by atoms with Crippen molar-refractivity contribution in [2.24, 2.45) is 11.8 Å². The van der Waals surface area contributed by atoms with Gasteiger partial charge < -0.3 is 15.2 Å². The third kappa shape index (κ3) is 2.99. The summed E-state index contributed by atoms with van der Waals surface area (Å²) in [5.41, 5.74) is 0. The van der Waals surface area contributed by atoms with Crippen molar-refractivity contribution >= 4 is 5.91 Å². The van der Waals surface area contributed by atoms with Gasteiger partial charge in [0.25, 0.3) is 0 Å². The zero-order valence-corrected chi connectivity index (χ0v) is 10.5. The lowest BCUT2D eigenvalue weighted by Crippen LogP contribution is -2.48. The van der Waals surface area contributed by atoms with E-state index in [2.05, 4.69) is 12.2 Å². The summed E-state index contributed by atoms with van der Waals surface area (Å²) >= 11 is 0. The van der Waals surface area contributed by atoms with Gasteiger partial charge in [-0.25, -0.2) is 0 Å². The van der Waals surface area contributed by atoms with Gasteiger partial charge in [0.1, 0.15) is 6.10 Å². The van der Waals surface area contributed by atoms with E-state index in [1.807, 2.05) is 0 Å². The molecule has 1 aliphatic heterocycles. The molecule has 0 aromatic carbocycles. The van der Waals surface area contributed by atoms with Crippen molar-refractivity contribution in [2.45, 2.75) is 51.2 Å². The van der Waals surface area contributed by atoms with Crippen molar-refractivity contribution < 1.29 is 14.6 Å². The molecule has 4 nitrogen and oxygen atoms in total. The molecule has 2 N–H and O–H groups in total. The van der Waals surface area contributed by atoms with Gasteiger partial charge in [0.05, 0.1) is 0 Å². The van der Waals surface area contributed by atoms with E-state index in [1.54, 1.807) is 0 Å². The van der Waals surface area contributed by atoms with E-state index in [4.69, 9.17) is 4.74 Å². The van der Waals surface area contributed by atoms with Crippen molar-refractivity contribution in [3.05, 3.63) is 0 Å². The molecule has 1 amide bonds. The Labute approximate surface area is 103 Å². The topological polar surface area (TPSA) is 58.6 Å². The number of aliphatic hydroxyl groups is 1. The lowest BCUT2D eigenvalue weighted by molar-refractivity contribution is -0.133. The van der Waals surface area contributed by atoms with Gasteiger partial charge in [-0.3, -0.25) is 4.79 Å². The Balaban J connectivity index is 1.88. The van der Waals surface area contributed by atoms with Gasteiger partial charge in [-0.2, -0.15) is 0 Å². The van der Waals surface area contributed by atoms with Crippen LogP contribution in [0.3, 0.4) is 0 Å². The Morgan fingerprint density at radius 1 is 1.35 bits per heavy atom. The fraction of sp³-hybridized carbons (Fsp3) is 0.923. The second-order valence-electron chi connectivity index (χ2n) is 5.40. The molecule has 1 heterocycles. The van der Waals surface area contributed by atoms with E-state index in [1.165, 1.54) is 0 Å². The quantitative estimate of drug-likeness (QED) is 0.777. The minimum atomic E-state index is -0.281. The normalized spacial score (nSPS) is 38.0. The second-order valence-corrected chi connectivity index (χ2v) is 5.40. The molecule has 0 spiro atoms. The van der Waals surface area contributed by atoms with Crippen molar-refractivity contribution in [1.82, 2.24) is 5.32 Å². The van der Waals surface area contributed by atoms with Crippen LogP contribution in [-0.2, 0) is 9.53 Å². The molecule has 4 unspecified atom stereocenters. The van der Waals surface area contributed by atoms with Crippen LogP contribution in [0.5, 0.6) is 0 Å². The Hall–Kier alpha value is -0.610. The highest BCUT2D eigenvalue weighted by Crippen LogP contribution is 2.25. The lowest BCUT2D eigenvalue weighted by atomic mass is 9.85. The first-order valence-corrected chi connectivity index (χ1v) is 6.75. The van der Waals surface area contributed by atoms with Gasteiger partial charge in [-0.15, -0.1) is 0 Å². The fourth-order valence-electron chi connectivity index (χ4n) is 2.91. The molecule has 1 aliphatic carbocycles. The highest BCUT2D eigenvalue weighted by atomic mass is 16.5. The maximum absolute atomic E-state index is 12.1. The summed E-state index contributed by atoms with van der Waals surface area (Å²) in [6.45, 7) is 2.92. The number of carbonyl (C=O) groups excluding carboxylic acids is 1. The van der Waals surface area contributed by atoms with E-state index in [-0.39, 0.29) is 30.6 Å². The molecule has 1 saturated heterocycles. The third-order valence-electron chi connectivity index (χ3n) is 4.12. The molecule has 4 heteroatoms. The Morgan fingerprint density at radius 2 is 2.12 bits per heavy atom. The number of carbonyl (C=O) groups is 1. The van der Waals surface area contributed by atoms with E-state index >= 15 is 0 Å². The molecule has 4 atom stereocenters. The van der Waals surface area contributed by atoms with Gasteiger partial charge in [0, 0.05) is 25.2 Å². The molecule has 0 radical (unpaired) electrons. The molecular formula is C13H23NO3. The van der Waals surface area contributed by atoms with E-state index < -0.39 is 0 Å². The van der Waals surface area contributed by atoms with Crippen molar-refractivity contribution in [1.29, 1.82) is 0 Å². The van der Waals surface area contributed by atoms with Crippen LogP contribution >= 0.6 is 0 Å². The van der Waals surface area contributed by atoms with Gasteiger partial charge in [0.15, 0.2) is 0 Å². The van der Waals surface area contributed by atoms with Crippen LogP contribution in [0, 0.1) is 11.8 Å². The van der Waals surface area contributed by atoms with Crippen molar-refractivity contribution in [2.75, 3.05) is 13.2 Å². The predicted octanol–water partition coefficient (Wildman–Crippen LogP) is 1.08. The van der Waals surface area contributed by atoms with E-state index in [0.29, 0.717) is 12.5 Å². The second kappa shape index (κ2) is 5.83. The first kappa shape index (κ1) is 12.8. The summed E-state index contributed by atoms with van der Waals surface area (Å²) in [6.07, 6.45) is 4.99. The number of amides is 1. The first-order valence-electron chi connectivity index (χ1n) is 6.75. The third-order valence-corrected chi connectivity index (χ3v) is 4.12. The number of rotatable bonds is 3. The van der Waals surface area contributed by atoms with Gasteiger partial charge >= 0.3 is 0 Å². The maximum Gasteiger partial charge on any atom is 0.249 e. The van der Waals surface area contributed by atoms with Crippen LogP contribution in [0.1, 0.15) is 39.0 Å². The number of hydrogen-bond acceptors (Lipinski definition) is 3. The molecule has 98 valence electrons. The Morgan fingerprint density at radius 3 is 2.76 bits per heavy atom. The Kier molecular flexibility index (Phi) is 4.40. The summed E-state index contributed by atoms with van der Waals surface area (Å²) in [4.78, 5) is 12.1. The summed E-state index contributed by atoms with van der Waals surface area (Å²) in [5, 5.41) is 12.4. The highest BCUT2D eigenvalue weighted by Gasteiger charge is 2.34. The van der Waals surface area contributed by atoms with E-state index in [0.717, 1.165) is 32.1 Å². The van der Waals surface area contributed by atoms with Crippen molar-refractivity contribution in [3.63, 3.8) is 0 Å². The average Bonchev–Trinajstić information content (AvgIpc) is 2.76. The van der Waals surface area contributed by atoms with E-state index in [9.17, 15) is 9.90 Å². The maximum atomic E-state index is 12.1. The number of nitrogens with one attached hydrogen (secondary N) is 1. The zero-order valence-electron chi connectivity index (χ0n) is 10.5. The van der Waals surface area contributed by atoms with Crippen LogP contribution in [0.15, 0.2) is 0 Å². The molecule has 2 fully saturated rings. The molecule has 2 rings (SSSR count). The molecule has 0 aromatic heterocycles. The molecule has 0 aromatic rings. The highest BCUT2D eigenvalue weighted by molar-refractivity contribution is 5.81. The summed E-state index contributed by atoms with van der Waals surface area (Å²) in [7, 11) is 0. The van der Waals surface area contributed by atoms with Gasteiger partial charge in [-0.05, 0) is 25.2 Å². The summed E-state index contributed by atoms with van der Waals surface area (Å²) < 4.78 is 5.46. The number of aliphatic hydroxyl groups excluding tert-OH is 1. The number of hydrogen-bond donors (Lipinski definition) is 2. The lowest BCUT2D eigenvalue weighted by Gasteiger charge is -2.31. The molecule has 0 bridgehead atoms. The number of ether oxygens (including phenoxy) is 1. The molecule has 17 heavy (non-hydrogen) atoms. The standard InChI is InChI=1S/C13H23NO3/c1-9-6-7-17-12(9)13(16)14-11-5-3-2-4-10(11)8-15/h9-12,15H,2-8H2,1H3,(H,14,16). The summed E-state index contributed by atoms with van der Waals surface area (Å²) in [6, 6.07) is 0.137. The fourth-order valence-corrected chi connectivity index (χ4v) is 2.91. The molecular weight excluding hydrogens is 218 g/mol. The monoisotopic (exact) mass is 241 g/mol. The minimum absolute atomic E-state index is 0.0142. The first-order chi connectivity index (χ1) is 8.22. The SMILES string of the molecule is CC1CCOC1C(=O)NC1CCCCC1CO. The Bertz CT molecular complexity index is 269. The average molecular weight is 241 g/mol. The van der Waals surface area contributed by atoms with Crippen LogP contribution in [0.25, 0.3) is 0 Å². The van der Waals surface area contributed by atoms with Crippen LogP contribution in [-0.4, -0.2) is 36.4 Å². The zero-order chi connectivity index (χ0) is 12.3. The smallest absolute Gasteiger partial charge is 0.249 e.